The molecule has 0 radical (unpaired) electrons. The first-order valence-corrected chi connectivity index (χ1v) is 27.1. The van der Waals surface area contributed by atoms with Gasteiger partial charge < -0.3 is 14.2 Å². The quantitative estimate of drug-likeness (QED) is 0.0262. The summed E-state index contributed by atoms with van der Waals surface area (Å²) in [7, 11) is 0. The molecule has 0 spiro atoms. The van der Waals surface area contributed by atoms with Gasteiger partial charge in [0.15, 0.2) is 6.10 Å². The van der Waals surface area contributed by atoms with Gasteiger partial charge in [0.05, 0.1) is 0 Å². The first-order chi connectivity index (χ1) is 31.0. The van der Waals surface area contributed by atoms with Crippen molar-refractivity contribution in [1.82, 2.24) is 0 Å². The van der Waals surface area contributed by atoms with Gasteiger partial charge in [0.2, 0.25) is 0 Å². The fraction of sp³-hybridized carbons (Fsp3) is 0.807. The topological polar surface area (TPSA) is 78.9 Å². The molecule has 0 N–H and O–H groups in total. The van der Waals surface area contributed by atoms with Crippen LogP contribution in [-0.2, 0) is 28.6 Å². The zero-order valence-electron chi connectivity index (χ0n) is 41.8. The number of carbonyl (C=O) groups is 3. The van der Waals surface area contributed by atoms with E-state index < -0.39 is 6.10 Å². The minimum absolute atomic E-state index is 0.0807. The van der Waals surface area contributed by atoms with E-state index in [2.05, 4.69) is 69.4 Å². The maximum atomic E-state index is 12.8. The molecule has 0 aromatic heterocycles. The molecular weight excluding hydrogens is 781 g/mol. The molecule has 6 nitrogen and oxygen atoms in total. The van der Waals surface area contributed by atoms with Gasteiger partial charge in [-0.05, 0) is 96.3 Å². The first-order valence-electron chi connectivity index (χ1n) is 27.1. The Morgan fingerprint density at radius 3 is 0.968 bits per heavy atom. The minimum Gasteiger partial charge on any atom is -0.462 e. The van der Waals surface area contributed by atoms with E-state index >= 15 is 0 Å². The van der Waals surface area contributed by atoms with Crippen molar-refractivity contribution >= 4 is 17.9 Å². The van der Waals surface area contributed by atoms with Crippen molar-refractivity contribution in [2.45, 2.75) is 284 Å². The van der Waals surface area contributed by atoms with Crippen molar-refractivity contribution in [3.05, 3.63) is 48.6 Å². The highest BCUT2D eigenvalue weighted by molar-refractivity contribution is 5.71. The van der Waals surface area contributed by atoms with Gasteiger partial charge in [-0.3, -0.25) is 14.4 Å². The van der Waals surface area contributed by atoms with Gasteiger partial charge in [0.25, 0.3) is 0 Å². The molecule has 366 valence electrons. The normalized spacial score (nSPS) is 12.4. The lowest BCUT2D eigenvalue weighted by Crippen LogP contribution is -2.30. The molecule has 0 fully saturated rings. The lowest BCUT2D eigenvalue weighted by molar-refractivity contribution is -0.167. The number of allylic oxidation sites excluding steroid dienone is 8. The number of unbranched alkanes of at least 4 members (excludes halogenated alkanes) is 30. The number of esters is 3. The van der Waals surface area contributed by atoms with E-state index in [0.29, 0.717) is 19.3 Å². The molecule has 0 aromatic rings. The summed E-state index contributed by atoms with van der Waals surface area (Å²) < 4.78 is 16.8. The van der Waals surface area contributed by atoms with E-state index in [0.717, 1.165) is 77.0 Å². The largest absolute Gasteiger partial charge is 0.462 e. The third kappa shape index (κ3) is 50.2. The second-order valence-corrected chi connectivity index (χ2v) is 18.1. The highest BCUT2D eigenvalue weighted by Gasteiger charge is 2.19. The Bertz CT molecular complexity index is 1110. The van der Waals surface area contributed by atoms with Crippen molar-refractivity contribution < 1.29 is 28.6 Å². The molecule has 0 rings (SSSR count). The number of rotatable bonds is 49. The number of ether oxygens (including phenoxy) is 3. The third-order valence-electron chi connectivity index (χ3n) is 11.8. The molecule has 63 heavy (non-hydrogen) atoms. The molecule has 0 saturated carbocycles. The van der Waals surface area contributed by atoms with E-state index in [1.807, 2.05) is 0 Å². The highest BCUT2D eigenvalue weighted by Crippen LogP contribution is 2.15. The van der Waals surface area contributed by atoms with Crippen molar-refractivity contribution in [2.75, 3.05) is 13.2 Å². The molecule has 0 amide bonds. The minimum atomic E-state index is -0.780. The van der Waals surface area contributed by atoms with Crippen LogP contribution in [0.1, 0.15) is 278 Å². The van der Waals surface area contributed by atoms with Crippen LogP contribution in [0.2, 0.25) is 0 Å². The maximum Gasteiger partial charge on any atom is 0.306 e. The lowest BCUT2D eigenvalue weighted by Gasteiger charge is -2.18. The summed E-state index contributed by atoms with van der Waals surface area (Å²) in [5.41, 5.74) is 0. The van der Waals surface area contributed by atoms with E-state index in [1.165, 1.54) is 161 Å². The van der Waals surface area contributed by atoms with Crippen LogP contribution in [0.3, 0.4) is 0 Å². The summed E-state index contributed by atoms with van der Waals surface area (Å²) in [6.45, 7) is 6.57. The monoisotopic (exact) mass is 883 g/mol. The molecule has 0 heterocycles. The van der Waals surface area contributed by atoms with Crippen molar-refractivity contribution in [3.63, 3.8) is 0 Å². The SMILES string of the molecule is CCCC/C=C\CCCCCCCC(=O)OC[C@@H](COC(=O)CCCCCCC/C=C\CCCCCCCC)OC(=O)CCCCCCCCCCC/C=C\C/C=C\CCCCC. The molecule has 1 atom stereocenters. The summed E-state index contributed by atoms with van der Waals surface area (Å²) in [6, 6.07) is 0. The highest BCUT2D eigenvalue weighted by atomic mass is 16.6. The fourth-order valence-electron chi connectivity index (χ4n) is 7.62. The van der Waals surface area contributed by atoms with Crippen LogP contribution in [0.5, 0.6) is 0 Å². The van der Waals surface area contributed by atoms with Gasteiger partial charge in [-0.1, -0.05) is 211 Å². The van der Waals surface area contributed by atoms with Crippen LogP contribution in [-0.4, -0.2) is 37.2 Å². The van der Waals surface area contributed by atoms with E-state index in [9.17, 15) is 14.4 Å². The first kappa shape index (κ1) is 60.4. The van der Waals surface area contributed by atoms with E-state index in [1.54, 1.807) is 0 Å². The van der Waals surface area contributed by atoms with Crippen LogP contribution in [0.15, 0.2) is 48.6 Å². The molecule has 0 aromatic carbocycles. The predicted octanol–water partition coefficient (Wildman–Crippen LogP) is 17.9. The molecule has 0 aliphatic heterocycles. The van der Waals surface area contributed by atoms with Crippen molar-refractivity contribution in [2.24, 2.45) is 0 Å². The van der Waals surface area contributed by atoms with E-state index in [-0.39, 0.29) is 31.1 Å². The van der Waals surface area contributed by atoms with Crippen LogP contribution in [0.25, 0.3) is 0 Å². The van der Waals surface area contributed by atoms with Gasteiger partial charge in [-0.2, -0.15) is 0 Å². The number of hydrogen-bond acceptors (Lipinski definition) is 6. The van der Waals surface area contributed by atoms with Crippen LogP contribution >= 0.6 is 0 Å². The van der Waals surface area contributed by atoms with Gasteiger partial charge in [0, 0.05) is 19.3 Å². The lowest BCUT2D eigenvalue weighted by atomic mass is 10.1. The van der Waals surface area contributed by atoms with Gasteiger partial charge in [0.1, 0.15) is 13.2 Å². The average molecular weight is 883 g/mol. The molecule has 0 unspecified atom stereocenters. The third-order valence-corrected chi connectivity index (χ3v) is 11.8. The summed E-state index contributed by atoms with van der Waals surface area (Å²) in [6.07, 6.45) is 62.4. The molecule has 0 bridgehead atoms. The standard InChI is InChI=1S/C57H102O6/c1-4-7-10-13-16-19-22-24-26-27-28-29-31-33-36-39-42-45-48-51-57(60)63-54(52-61-55(58)49-46-43-40-37-34-21-18-15-12-9-6-3)53-62-56(59)50-47-44-41-38-35-32-30-25-23-20-17-14-11-8-5-2/h15-16,18-19,24-26,30,54H,4-14,17,20-23,27-29,31-53H2,1-3H3/b18-15-,19-16-,26-24-,30-25-/t54-/m0/s1. The van der Waals surface area contributed by atoms with Crippen LogP contribution in [0.4, 0.5) is 0 Å². The van der Waals surface area contributed by atoms with Gasteiger partial charge in [-0.25, -0.2) is 0 Å². The smallest absolute Gasteiger partial charge is 0.306 e. The summed E-state index contributed by atoms with van der Waals surface area (Å²) in [4.78, 5) is 38.0. The zero-order valence-corrected chi connectivity index (χ0v) is 41.8. The molecular formula is C57H102O6. The Balaban J connectivity index is 4.35. The Morgan fingerprint density at radius 1 is 0.317 bits per heavy atom. The molecule has 0 saturated heterocycles. The van der Waals surface area contributed by atoms with Gasteiger partial charge in [-0.15, -0.1) is 0 Å². The summed E-state index contributed by atoms with van der Waals surface area (Å²) in [5, 5.41) is 0. The molecule has 0 aliphatic rings. The van der Waals surface area contributed by atoms with Crippen LogP contribution in [0, 0.1) is 0 Å². The predicted molar refractivity (Wildman–Crippen MR) is 270 cm³/mol. The second-order valence-electron chi connectivity index (χ2n) is 18.1. The summed E-state index contributed by atoms with van der Waals surface area (Å²) in [5.74, 6) is -0.894. The van der Waals surface area contributed by atoms with Crippen molar-refractivity contribution in [1.29, 1.82) is 0 Å². The second kappa shape index (κ2) is 52.0. The van der Waals surface area contributed by atoms with E-state index in [4.69, 9.17) is 14.2 Å². The number of carbonyl (C=O) groups excluding carboxylic acids is 3. The number of hydrogen-bond donors (Lipinski definition) is 0. The Kier molecular flexibility index (Phi) is 49.8. The fourth-order valence-corrected chi connectivity index (χ4v) is 7.62. The Labute approximate surface area is 390 Å². The average Bonchev–Trinajstić information content (AvgIpc) is 3.28. The molecule has 0 aliphatic carbocycles. The summed E-state index contributed by atoms with van der Waals surface area (Å²) >= 11 is 0. The zero-order chi connectivity index (χ0) is 45.8. The van der Waals surface area contributed by atoms with Gasteiger partial charge >= 0.3 is 17.9 Å². The van der Waals surface area contributed by atoms with Crippen molar-refractivity contribution in [3.8, 4) is 0 Å². The maximum absolute atomic E-state index is 12.8. The molecule has 6 heteroatoms. The van der Waals surface area contributed by atoms with Crippen LogP contribution < -0.4 is 0 Å². The Morgan fingerprint density at radius 2 is 0.587 bits per heavy atom. The Hall–Kier alpha value is -2.63.